The molecule has 16 heavy (non-hydrogen) atoms. The van der Waals surface area contributed by atoms with Crippen molar-refractivity contribution in [1.82, 2.24) is 0 Å². The van der Waals surface area contributed by atoms with Crippen LogP contribution in [-0.2, 0) is 9.53 Å². The van der Waals surface area contributed by atoms with E-state index in [1.165, 1.54) is 7.11 Å². The highest BCUT2D eigenvalue weighted by atomic mass is 16.5. The lowest BCUT2D eigenvalue weighted by Gasteiger charge is -2.11. The van der Waals surface area contributed by atoms with Crippen molar-refractivity contribution in [2.24, 2.45) is 5.92 Å². The van der Waals surface area contributed by atoms with Crippen molar-refractivity contribution in [1.29, 1.82) is 0 Å². The number of nitrogens with one attached hydrogen (secondary N) is 1. The largest absolute Gasteiger partial charge is 0.497 e. The minimum atomic E-state index is -0.207. The molecule has 1 aromatic rings. The Morgan fingerprint density at radius 1 is 1.31 bits per heavy atom. The van der Waals surface area contributed by atoms with Gasteiger partial charge in [-0.2, -0.15) is 0 Å². The molecule has 1 atom stereocenters. The molecule has 4 heteroatoms. The van der Waals surface area contributed by atoms with E-state index in [0.717, 1.165) is 11.4 Å². The van der Waals surface area contributed by atoms with Crippen LogP contribution in [0.4, 0.5) is 5.69 Å². The standard InChI is InChI=1S/C12H17NO3/c1-9(12(14)16-3)8-13-10-4-6-11(15-2)7-5-10/h4-7,9,13H,8H2,1-3H3. The molecule has 0 spiro atoms. The fourth-order valence-corrected chi connectivity index (χ4v) is 1.26. The van der Waals surface area contributed by atoms with Crippen LogP contribution < -0.4 is 10.1 Å². The predicted octanol–water partition coefficient (Wildman–Crippen LogP) is 1.92. The lowest BCUT2D eigenvalue weighted by molar-refractivity contribution is -0.144. The van der Waals surface area contributed by atoms with Gasteiger partial charge >= 0.3 is 5.97 Å². The summed E-state index contributed by atoms with van der Waals surface area (Å²) in [6, 6.07) is 7.54. The Bertz CT molecular complexity index is 335. The van der Waals surface area contributed by atoms with Gasteiger partial charge in [-0.05, 0) is 24.3 Å². The molecule has 0 aliphatic carbocycles. The van der Waals surface area contributed by atoms with Crippen molar-refractivity contribution in [2.75, 3.05) is 26.1 Å². The van der Waals surface area contributed by atoms with Gasteiger partial charge in [0.1, 0.15) is 5.75 Å². The highest BCUT2D eigenvalue weighted by Crippen LogP contribution is 2.15. The molecule has 0 radical (unpaired) electrons. The number of hydrogen-bond acceptors (Lipinski definition) is 4. The number of methoxy groups -OCH3 is 2. The van der Waals surface area contributed by atoms with E-state index in [1.807, 2.05) is 31.2 Å². The van der Waals surface area contributed by atoms with Gasteiger partial charge in [-0.1, -0.05) is 6.92 Å². The molecule has 0 aromatic heterocycles. The number of carbonyl (C=O) groups excluding carboxylic acids is 1. The van der Waals surface area contributed by atoms with Gasteiger partial charge in [0.25, 0.3) is 0 Å². The van der Waals surface area contributed by atoms with Crippen LogP contribution in [-0.4, -0.2) is 26.7 Å². The lowest BCUT2D eigenvalue weighted by atomic mass is 10.2. The van der Waals surface area contributed by atoms with E-state index in [0.29, 0.717) is 6.54 Å². The van der Waals surface area contributed by atoms with Gasteiger partial charge in [0.05, 0.1) is 20.1 Å². The van der Waals surface area contributed by atoms with Crippen LogP contribution >= 0.6 is 0 Å². The fraction of sp³-hybridized carbons (Fsp3) is 0.417. The molecule has 1 rings (SSSR count). The Hall–Kier alpha value is -1.71. The van der Waals surface area contributed by atoms with Crippen molar-refractivity contribution >= 4 is 11.7 Å². The first-order valence-electron chi connectivity index (χ1n) is 5.13. The molecular weight excluding hydrogens is 206 g/mol. The quantitative estimate of drug-likeness (QED) is 0.775. The molecule has 0 saturated carbocycles. The van der Waals surface area contributed by atoms with Crippen LogP contribution in [0.25, 0.3) is 0 Å². The van der Waals surface area contributed by atoms with Gasteiger partial charge in [-0.15, -0.1) is 0 Å². The van der Waals surface area contributed by atoms with Gasteiger partial charge in [0.15, 0.2) is 0 Å². The maximum absolute atomic E-state index is 11.2. The number of esters is 1. The molecule has 1 N–H and O–H groups in total. The summed E-state index contributed by atoms with van der Waals surface area (Å²) in [4.78, 5) is 11.2. The average molecular weight is 223 g/mol. The van der Waals surface area contributed by atoms with E-state index in [1.54, 1.807) is 7.11 Å². The molecule has 0 bridgehead atoms. The van der Waals surface area contributed by atoms with E-state index >= 15 is 0 Å². The Balaban J connectivity index is 2.45. The summed E-state index contributed by atoms with van der Waals surface area (Å²) in [5, 5.41) is 3.15. The van der Waals surface area contributed by atoms with Crippen molar-refractivity contribution in [3.8, 4) is 5.75 Å². The smallest absolute Gasteiger partial charge is 0.310 e. The fourth-order valence-electron chi connectivity index (χ4n) is 1.26. The molecule has 0 saturated heterocycles. The number of carbonyl (C=O) groups is 1. The Labute approximate surface area is 95.6 Å². The van der Waals surface area contributed by atoms with Gasteiger partial charge in [-0.3, -0.25) is 4.79 Å². The van der Waals surface area contributed by atoms with Crippen LogP contribution in [0.5, 0.6) is 5.75 Å². The zero-order valence-electron chi connectivity index (χ0n) is 9.82. The number of rotatable bonds is 5. The number of ether oxygens (including phenoxy) is 2. The second-order valence-corrected chi connectivity index (χ2v) is 3.53. The normalized spacial score (nSPS) is 11.7. The zero-order valence-corrected chi connectivity index (χ0v) is 9.82. The molecular formula is C12H17NO3. The molecule has 0 heterocycles. The van der Waals surface area contributed by atoms with Crippen molar-refractivity contribution in [3.05, 3.63) is 24.3 Å². The summed E-state index contributed by atoms with van der Waals surface area (Å²) in [6.45, 7) is 2.38. The van der Waals surface area contributed by atoms with Crippen LogP contribution in [0, 0.1) is 5.92 Å². The van der Waals surface area contributed by atoms with E-state index in [-0.39, 0.29) is 11.9 Å². The second kappa shape index (κ2) is 6.00. The second-order valence-electron chi connectivity index (χ2n) is 3.53. The van der Waals surface area contributed by atoms with Crippen LogP contribution in [0.15, 0.2) is 24.3 Å². The Morgan fingerprint density at radius 3 is 2.44 bits per heavy atom. The highest BCUT2D eigenvalue weighted by Gasteiger charge is 2.12. The average Bonchev–Trinajstić information content (AvgIpc) is 2.35. The number of hydrogen-bond donors (Lipinski definition) is 1. The summed E-state index contributed by atoms with van der Waals surface area (Å²) >= 11 is 0. The topological polar surface area (TPSA) is 47.6 Å². The van der Waals surface area contributed by atoms with Gasteiger partial charge < -0.3 is 14.8 Å². The van der Waals surface area contributed by atoms with E-state index in [9.17, 15) is 4.79 Å². The van der Waals surface area contributed by atoms with E-state index < -0.39 is 0 Å². The van der Waals surface area contributed by atoms with Crippen molar-refractivity contribution in [3.63, 3.8) is 0 Å². The van der Waals surface area contributed by atoms with Crippen LogP contribution in [0.3, 0.4) is 0 Å². The Morgan fingerprint density at radius 2 is 1.94 bits per heavy atom. The monoisotopic (exact) mass is 223 g/mol. The minimum Gasteiger partial charge on any atom is -0.497 e. The SMILES string of the molecule is COC(=O)C(C)CNc1ccc(OC)cc1. The molecule has 88 valence electrons. The predicted molar refractivity (Wildman–Crippen MR) is 62.7 cm³/mol. The first kappa shape index (κ1) is 12.4. The third-order valence-corrected chi connectivity index (χ3v) is 2.31. The van der Waals surface area contributed by atoms with Gasteiger partial charge in [0, 0.05) is 12.2 Å². The maximum Gasteiger partial charge on any atom is 0.310 e. The molecule has 1 unspecified atom stereocenters. The number of anilines is 1. The molecule has 0 aliphatic heterocycles. The van der Waals surface area contributed by atoms with Gasteiger partial charge in [-0.25, -0.2) is 0 Å². The highest BCUT2D eigenvalue weighted by molar-refractivity contribution is 5.72. The zero-order chi connectivity index (χ0) is 12.0. The summed E-state index contributed by atoms with van der Waals surface area (Å²) in [5.41, 5.74) is 0.955. The lowest BCUT2D eigenvalue weighted by Crippen LogP contribution is -2.21. The Kier molecular flexibility index (Phi) is 4.64. The first-order valence-corrected chi connectivity index (χ1v) is 5.13. The summed E-state index contributed by atoms with van der Waals surface area (Å²) in [7, 11) is 3.02. The van der Waals surface area contributed by atoms with Crippen LogP contribution in [0.1, 0.15) is 6.92 Å². The molecule has 0 aliphatic rings. The van der Waals surface area contributed by atoms with Crippen molar-refractivity contribution < 1.29 is 14.3 Å². The summed E-state index contributed by atoms with van der Waals surface area (Å²) < 4.78 is 9.69. The van der Waals surface area contributed by atoms with Crippen molar-refractivity contribution in [2.45, 2.75) is 6.92 Å². The molecule has 0 amide bonds. The summed E-state index contributed by atoms with van der Waals surface area (Å²) in [5.74, 6) is 0.444. The minimum absolute atomic E-state index is 0.160. The third kappa shape index (κ3) is 3.46. The van der Waals surface area contributed by atoms with E-state index in [2.05, 4.69) is 10.1 Å². The third-order valence-electron chi connectivity index (χ3n) is 2.31. The molecule has 4 nitrogen and oxygen atoms in total. The number of benzene rings is 1. The van der Waals surface area contributed by atoms with Crippen LogP contribution in [0.2, 0.25) is 0 Å². The molecule has 0 fully saturated rings. The van der Waals surface area contributed by atoms with Gasteiger partial charge in [0.2, 0.25) is 0 Å². The maximum atomic E-state index is 11.2. The summed E-state index contributed by atoms with van der Waals surface area (Å²) in [6.07, 6.45) is 0. The first-order chi connectivity index (χ1) is 7.67. The van der Waals surface area contributed by atoms with E-state index in [4.69, 9.17) is 4.74 Å². The molecule has 1 aromatic carbocycles.